The van der Waals surface area contributed by atoms with Crippen molar-refractivity contribution >= 4 is 11.8 Å². The Bertz CT molecular complexity index is 189. The van der Waals surface area contributed by atoms with Crippen LogP contribution in [0.5, 0.6) is 0 Å². The summed E-state index contributed by atoms with van der Waals surface area (Å²) >= 11 is 2.12. The molecule has 0 bridgehead atoms. The zero-order valence-corrected chi connectivity index (χ0v) is 11.0. The number of thioether (sulfide) groups is 1. The third-order valence-electron chi connectivity index (χ3n) is 4.29. The molecule has 2 heteroatoms. The highest BCUT2D eigenvalue weighted by Gasteiger charge is 2.26. The second-order valence-corrected chi connectivity index (χ2v) is 6.74. The third-order valence-corrected chi connectivity index (χ3v) is 5.34. The van der Waals surface area contributed by atoms with E-state index in [0.717, 1.165) is 23.9 Å². The van der Waals surface area contributed by atoms with Crippen molar-refractivity contribution in [3.8, 4) is 0 Å². The standard InChI is InChI=1S/C13H25NS/c1-10-3-4-13(9-11(10)2)14-12-5-7-15-8-6-12/h10-14H,3-9H2,1-2H3. The Balaban J connectivity index is 1.74. The first kappa shape index (κ1) is 11.8. The Morgan fingerprint density at radius 3 is 2.27 bits per heavy atom. The molecule has 1 N–H and O–H groups in total. The van der Waals surface area contributed by atoms with E-state index in [2.05, 4.69) is 30.9 Å². The number of hydrogen-bond acceptors (Lipinski definition) is 2. The Morgan fingerprint density at radius 1 is 0.867 bits per heavy atom. The van der Waals surface area contributed by atoms with Gasteiger partial charge in [0.2, 0.25) is 0 Å². The lowest BCUT2D eigenvalue weighted by Crippen LogP contribution is -2.43. The highest BCUT2D eigenvalue weighted by molar-refractivity contribution is 7.99. The van der Waals surface area contributed by atoms with Crippen molar-refractivity contribution in [2.45, 2.75) is 58.0 Å². The van der Waals surface area contributed by atoms with Crippen molar-refractivity contribution in [3.63, 3.8) is 0 Å². The first-order valence-electron chi connectivity index (χ1n) is 6.59. The predicted molar refractivity (Wildman–Crippen MR) is 69.4 cm³/mol. The van der Waals surface area contributed by atoms with Gasteiger partial charge in [0.1, 0.15) is 0 Å². The molecule has 0 aromatic rings. The summed E-state index contributed by atoms with van der Waals surface area (Å²) in [6, 6.07) is 1.65. The van der Waals surface area contributed by atoms with Crippen molar-refractivity contribution in [2.24, 2.45) is 11.8 Å². The van der Waals surface area contributed by atoms with E-state index in [9.17, 15) is 0 Å². The normalized spacial score (nSPS) is 39.2. The van der Waals surface area contributed by atoms with Crippen LogP contribution in [-0.4, -0.2) is 23.6 Å². The molecule has 1 aliphatic heterocycles. The van der Waals surface area contributed by atoms with Crippen LogP contribution >= 0.6 is 11.8 Å². The lowest BCUT2D eigenvalue weighted by Gasteiger charge is -2.36. The molecule has 1 heterocycles. The van der Waals surface area contributed by atoms with Crippen LogP contribution in [0, 0.1) is 11.8 Å². The van der Waals surface area contributed by atoms with E-state index < -0.39 is 0 Å². The molecule has 2 rings (SSSR count). The van der Waals surface area contributed by atoms with E-state index in [1.165, 1.54) is 43.6 Å². The molecule has 0 aromatic carbocycles. The number of nitrogens with one attached hydrogen (secondary N) is 1. The topological polar surface area (TPSA) is 12.0 Å². The fourth-order valence-electron chi connectivity index (χ4n) is 2.90. The highest BCUT2D eigenvalue weighted by atomic mass is 32.2. The lowest BCUT2D eigenvalue weighted by atomic mass is 9.79. The minimum atomic E-state index is 0.823. The molecule has 15 heavy (non-hydrogen) atoms. The minimum Gasteiger partial charge on any atom is -0.311 e. The molecular weight excluding hydrogens is 202 g/mol. The van der Waals surface area contributed by atoms with Crippen LogP contribution in [0.25, 0.3) is 0 Å². The molecule has 0 amide bonds. The Morgan fingerprint density at radius 2 is 1.60 bits per heavy atom. The maximum absolute atomic E-state index is 3.90. The quantitative estimate of drug-likeness (QED) is 0.777. The predicted octanol–water partition coefficient (Wildman–Crippen LogP) is 3.30. The number of hydrogen-bond donors (Lipinski definition) is 1. The summed E-state index contributed by atoms with van der Waals surface area (Å²) in [5.74, 6) is 4.62. The summed E-state index contributed by atoms with van der Waals surface area (Å²) in [4.78, 5) is 0. The molecule has 2 fully saturated rings. The molecule has 3 atom stereocenters. The van der Waals surface area contributed by atoms with Gasteiger partial charge < -0.3 is 5.32 Å². The first-order valence-corrected chi connectivity index (χ1v) is 7.75. The summed E-state index contributed by atoms with van der Waals surface area (Å²) in [5.41, 5.74) is 0. The Kier molecular flexibility index (Phi) is 4.39. The molecule has 88 valence electrons. The third kappa shape index (κ3) is 3.39. The molecule has 0 radical (unpaired) electrons. The van der Waals surface area contributed by atoms with Crippen molar-refractivity contribution in [1.82, 2.24) is 5.32 Å². The maximum atomic E-state index is 3.90. The van der Waals surface area contributed by atoms with Gasteiger partial charge in [-0.2, -0.15) is 11.8 Å². The highest BCUT2D eigenvalue weighted by Crippen LogP contribution is 2.30. The molecule has 1 aliphatic carbocycles. The lowest BCUT2D eigenvalue weighted by molar-refractivity contribution is 0.212. The average molecular weight is 227 g/mol. The summed E-state index contributed by atoms with van der Waals surface area (Å²) in [6.07, 6.45) is 7.04. The van der Waals surface area contributed by atoms with E-state index in [1.54, 1.807) is 0 Å². The van der Waals surface area contributed by atoms with Crippen LogP contribution in [-0.2, 0) is 0 Å². The largest absolute Gasteiger partial charge is 0.311 e. The molecule has 1 saturated heterocycles. The molecule has 1 saturated carbocycles. The van der Waals surface area contributed by atoms with Gasteiger partial charge in [0.25, 0.3) is 0 Å². The Hall–Kier alpha value is 0.310. The monoisotopic (exact) mass is 227 g/mol. The Labute approximate surface area is 98.8 Å². The summed E-state index contributed by atoms with van der Waals surface area (Å²) in [7, 11) is 0. The summed E-state index contributed by atoms with van der Waals surface area (Å²) in [5, 5.41) is 3.90. The number of rotatable bonds is 2. The summed E-state index contributed by atoms with van der Waals surface area (Å²) in [6.45, 7) is 4.84. The van der Waals surface area contributed by atoms with Crippen molar-refractivity contribution in [3.05, 3.63) is 0 Å². The SMILES string of the molecule is CC1CCC(NC2CCSCC2)CC1C. The van der Waals surface area contributed by atoms with Crippen LogP contribution in [0.1, 0.15) is 46.0 Å². The van der Waals surface area contributed by atoms with Gasteiger partial charge in [-0.1, -0.05) is 13.8 Å². The van der Waals surface area contributed by atoms with Gasteiger partial charge in [0.05, 0.1) is 0 Å². The van der Waals surface area contributed by atoms with Gasteiger partial charge in [-0.3, -0.25) is 0 Å². The van der Waals surface area contributed by atoms with Crippen molar-refractivity contribution < 1.29 is 0 Å². The molecule has 1 nitrogen and oxygen atoms in total. The van der Waals surface area contributed by atoms with E-state index >= 15 is 0 Å². The van der Waals surface area contributed by atoms with Crippen molar-refractivity contribution in [2.75, 3.05) is 11.5 Å². The molecular formula is C13H25NS. The van der Waals surface area contributed by atoms with Gasteiger partial charge in [-0.05, 0) is 55.4 Å². The van der Waals surface area contributed by atoms with Crippen LogP contribution < -0.4 is 5.32 Å². The smallest absolute Gasteiger partial charge is 0.00853 e. The zero-order chi connectivity index (χ0) is 10.7. The van der Waals surface area contributed by atoms with Gasteiger partial charge in [0, 0.05) is 12.1 Å². The first-order chi connectivity index (χ1) is 7.25. The van der Waals surface area contributed by atoms with Gasteiger partial charge in [0.15, 0.2) is 0 Å². The molecule has 0 aromatic heterocycles. The molecule has 0 spiro atoms. The summed E-state index contributed by atoms with van der Waals surface area (Å²) < 4.78 is 0. The van der Waals surface area contributed by atoms with Crippen LogP contribution in [0.3, 0.4) is 0 Å². The maximum Gasteiger partial charge on any atom is 0.00853 e. The van der Waals surface area contributed by atoms with Crippen LogP contribution in [0.15, 0.2) is 0 Å². The second kappa shape index (κ2) is 5.58. The minimum absolute atomic E-state index is 0.823. The van der Waals surface area contributed by atoms with Crippen LogP contribution in [0.4, 0.5) is 0 Å². The fraction of sp³-hybridized carbons (Fsp3) is 1.00. The zero-order valence-electron chi connectivity index (χ0n) is 10.2. The van der Waals surface area contributed by atoms with E-state index in [4.69, 9.17) is 0 Å². The van der Waals surface area contributed by atoms with E-state index in [1.807, 2.05) is 0 Å². The second-order valence-electron chi connectivity index (χ2n) is 5.52. The van der Waals surface area contributed by atoms with Gasteiger partial charge in [-0.15, -0.1) is 0 Å². The average Bonchev–Trinajstić information content (AvgIpc) is 2.25. The molecule has 2 aliphatic rings. The van der Waals surface area contributed by atoms with Crippen LogP contribution in [0.2, 0.25) is 0 Å². The fourth-order valence-corrected chi connectivity index (χ4v) is 4.00. The molecule has 3 unspecified atom stereocenters. The van der Waals surface area contributed by atoms with Gasteiger partial charge >= 0.3 is 0 Å². The van der Waals surface area contributed by atoms with E-state index in [-0.39, 0.29) is 0 Å². The van der Waals surface area contributed by atoms with Crippen molar-refractivity contribution in [1.29, 1.82) is 0 Å². The van der Waals surface area contributed by atoms with Gasteiger partial charge in [-0.25, -0.2) is 0 Å². The van der Waals surface area contributed by atoms with E-state index in [0.29, 0.717) is 0 Å².